The number of hydrogen-bond donors (Lipinski definition) is 1. The van der Waals surface area contributed by atoms with Gasteiger partial charge in [-0.05, 0) is 67.8 Å². The van der Waals surface area contributed by atoms with Crippen LogP contribution < -0.4 is 5.32 Å². The fourth-order valence-electron chi connectivity index (χ4n) is 2.78. The van der Waals surface area contributed by atoms with Gasteiger partial charge in [0.05, 0.1) is 0 Å². The molecule has 0 spiro atoms. The molecule has 3 rings (SSSR count). The molecular formula is C16H22BrNO. The second-order valence-electron chi connectivity index (χ2n) is 5.76. The number of ether oxygens (including phenoxy) is 1. The van der Waals surface area contributed by atoms with Gasteiger partial charge in [0.25, 0.3) is 0 Å². The Kier molecular flexibility index (Phi) is 4.57. The van der Waals surface area contributed by atoms with E-state index in [9.17, 15) is 0 Å². The van der Waals surface area contributed by atoms with Crippen molar-refractivity contribution in [1.82, 2.24) is 5.32 Å². The van der Waals surface area contributed by atoms with Gasteiger partial charge in [-0.3, -0.25) is 0 Å². The molecule has 1 aromatic carbocycles. The van der Waals surface area contributed by atoms with Crippen molar-refractivity contribution in [2.75, 3.05) is 19.8 Å². The Bertz CT molecular complexity index is 431. The topological polar surface area (TPSA) is 21.3 Å². The van der Waals surface area contributed by atoms with Crippen LogP contribution >= 0.6 is 15.9 Å². The number of fused-ring (bicyclic) bond motifs is 1. The van der Waals surface area contributed by atoms with Crippen molar-refractivity contribution in [1.29, 1.82) is 0 Å². The lowest BCUT2D eigenvalue weighted by molar-refractivity contribution is 0.121. The lowest BCUT2D eigenvalue weighted by Crippen LogP contribution is -2.21. The van der Waals surface area contributed by atoms with Crippen LogP contribution in [0.1, 0.15) is 42.9 Å². The number of nitrogens with one attached hydrogen (secondary N) is 1. The van der Waals surface area contributed by atoms with Gasteiger partial charge in [-0.15, -0.1) is 0 Å². The van der Waals surface area contributed by atoms with E-state index in [4.69, 9.17) is 4.74 Å². The lowest BCUT2D eigenvalue weighted by Gasteiger charge is -2.14. The standard InChI is InChI=1S/C16H22BrNO/c17-14-5-6-15-13(10-14)4-7-16(15)18-8-1-9-19-11-12-2-3-12/h5-6,10,12,16,18H,1-4,7-9,11H2. The molecule has 1 aromatic rings. The summed E-state index contributed by atoms with van der Waals surface area (Å²) in [7, 11) is 0. The zero-order chi connectivity index (χ0) is 13.1. The van der Waals surface area contributed by atoms with Crippen LogP contribution in [0.4, 0.5) is 0 Å². The van der Waals surface area contributed by atoms with Gasteiger partial charge in [-0.2, -0.15) is 0 Å². The molecule has 104 valence electrons. The molecule has 2 nitrogen and oxygen atoms in total. The maximum Gasteiger partial charge on any atom is 0.0494 e. The third-order valence-corrected chi connectivity index (χ3v) is 4.58. The highest BCUT2D eigenvalue weighted by atomic mass is 79.9. The summed E-state index contributed by atoms with van der Waals surface area (Å²) in [5.41, 5.74) is 2.99. The fraction of sp³-hybridized carbons (Fsp3) is 0.625. The number of hydrogen-bond acceptors (Lipinski definition) is 2. The SMILES string of the molecule is Brc1ccc2c(c1)CCC2NCCCOCC1CC1. The Balaban J connectivity index is 1.37. The van der Waals surface area contributed by atoms with Crippen LogP contribution in [-0.4, -0.2) is 19.8 Å². The quantitative estimate of drug-likeness (QED) is 0.770. The fourth-order valence-corrected chi connectivity index (χ4v) is 3.19. The van der Waals surface area contributed by atoms with Crippen molar-refractivity contribution < 1.29 is 4.74 Å². The largest absolute Gasteiger partial charge is 0.381 e. The Hall–Kier alpha value is -0.380. The van der Waals surface area contributed by atoms with Gasteiger partial charge in [-0.25, -0.2) is 0 Å². The zero-order valence-electron chi connectivity index (χ0n) is 11.3. The van der Waals surface area contributed by atoms with Gasteiger partial charge in [0.1, 0.15) is 0 Å². The van der Waals surface area contributed by atoms with E-state index >= 15 is 0 Å². The molecule has 2 aliphatic carbocycles. The smallest absolute Gasteiger partial charge is 0.0494 e. The zero-order valence-corrected chi connectivity index (χ0v) is 12.9. The van der Waals surface area contributed by atoms with Crippen LogP contribution in [0.15, 0.2) is 22.7 Å². The molecule has 1 N–H and O–H groups in total. The third kappa shape index (κ3) is 3.80. The Morgan fingerprint density at radius 1 is 1.26 bits per heavy atom. The molecule has 3 heteroatoms. The van der Waals surface area contributed by atoms with Gasteiger partial charge in [0.15, 0.2) is 0 Å². The first-order chi connectivity index (χ1) is 9.33. The summed E-state index contributed by atoms with van der Waals surface area (Å²) in [6.45, 7) is 2.95. The number of rotatable bonds is 7. The van der Waals surface area contributed by atoms with Crippen LogP contribution in [0.25, 0.3) is 0 Å². The average Bonchev–Trinajstić information content (AvgIpc) is 3.15. The van der Waals surface area contributed by atoms with Crippen molar-refractivity contribution in [3.05, 3.63) is 33.8 Å². The molecule has 0 bridgehead atoms. The predicted octanol–water partition coefficient (Wildman–Crippen LogP) is 3.84. The van der Waals surface area contributed by atoms with Gasteiger partial charge in [0, 0.05) is 23.7 Å². The first kappa shape index (κ1) is 13.6. The molecule has 0 amide bonds. The summed E-state index contributed by atoms with van der Waals surface area (Å²) in [6.07, 6.45) is 6.31. The molecule has 1 atom stereocenters. The van der Waals surface area contributed by atoms with Gasteiger partial charge >= 0.3 is 0 Å². The highest BCUT2D eigenvalue weighted by molar-refractivity contribution is 9.10. The first-order valence-electron chi connectivity index (χ1n) is 7.42. The highest BCUT2D eigenvalue weighted by Gasteiger charge is 2.22. The van der Waals surface area contributed by atoms with Crippen LogP contribution in [0.5, 0.6) is 0 Å². The molecule has 0 aromatic heterocycles. The number of aryl methyl sites for hydroxylation is 1. The van der Waals surface area contributed by atoms with Crippen LogP contribution in [0, 0.1) is 5.92 Å². The van der Waals surface area contributed by atoms with E-state index in [2.05, 4.69) is 39.4 Å². The Morgan fingerprint density at radius 2 is 2.16 bits per heavy atom. The molecule has 19 heavy (non-hydrogen) atoms. The van der Waals surface area contributed by atoms with Crippen molar-refractivity contribution in [2.45, 2.75) is 38.1 Å². The van der Waals surface area contributed by atoms with Crippen molar-refractivity contribution in [3.8, 4) is 0 Å². The van der Waals surface area contributed by atoms with E-state index in [1.54, 1.807) is 0 Å². The van der Waals surface area contributed by atoms with Gasteiger partial charge < -0.3 is 10.1 Å². The molecule has 0 radical (unpaired) electrons. The van der Waals surface area contributed by atoms with E-state index in [0.717, 1.165) is 32.1 Å². The van der Waals surface area contributed by atoms with Gasteiger partial charge in [0.2, 0.25) is 0 Å². The minimum Gasteiger partial charge on any atom is -0.381 e. The van der Waals surface area contributed by atoms with E-state index in [-0.39, 0.29) is 0 Å². The second-order valence-corrected chi connectivity index (χ2v) is 6.68. The number of halogens is 1. The molecule has 1 unspecified atom stereocenters. The molecule has 1 saturated carbocycles. The van der Waals surface area contributed by atoms with Crippen LogP contribution in [0.3, 0.4) is 0 Å². The van der Waals surface area contributed by atoms with E-state index < -0.39 is 0 Å². The molecule has 0 heterocycles. The van der Waals surface area contributed by atoms with Crippen molar-refractivity contribution >= 4 is 15.9 Å². The van der Waals surface area contributed by atoms with E-state index in [0.29, 0.717) is 6.04 Å². The maximum absolute atomic E-state index is 5.66. The summed E-state index contributed by atoms with van der Waals surface area (Å²) < 4.78 is 6.86. The minimum atomic E-state index is 0.548. The Morgan fingerprint density at radius 3 is 3.00 bits per heavy atom. The predicted molar refractivity (Wildman–Crippen MR) is 81.4 cm³/mol. The van der Waals surface area contributed by atoms with Crippen LogP contribution in [0.2, 0.25) is 0 Å². The third-order valence-electron chi connectivity index (χ3n) is 4.09. The lowest BCUT2D eigenvalue weighted by atomic mass is 10.1. The molecule has 0 aliphatic heterocycles. The van der Waals surface area contributed by atoms with E-state index in [1.807, 2.05) is 0 Å². The summed E-state index contributed by atoms with van der Waals surface area (Å²) in [5.74, 6) is 0.883. The van der Waals surface area contributed by atoms with Crippen LogP contribution in [-0.2, 0) is 11.2 Å². The average molecular weight is 324 g/mol. The Labute approximate surface area is 124 Å². The summed E-state index contributed by atoms with van der Waals surface area (Å²) in [5, 5.41) is 3.67. The van der Waals surface area contributed by atoms with Gasteiger partial charge in [-0.1, -0.05) is 22.0 Å². The minimum absolute atomic E-state index is 0.548. The molecule has 0 saturated heterocycles. The molecule has 2 aliphatic rings. The normalized spacial score (nSPS) is 21.6. The summed E-state index contributed by atoms with van der Waals surface area (Å²) >= 11 is 3.55. The highest BCUT2D eigenvalue weighted by Crippen LogP contribution is 2.32. The second kappa shape index (κ2) is 6.38. The van der Waals surface area contributed by atoms with Crippen molar-refractivity contribution in [3.63, 3.8) is 0 Å². The molecule has 1 fully saturated rings. The number of benzene rings is 1. The summed E-state index contributed by atoms with van der Waals surface area (Å²) in [6, 6.07) is 7.22. The first-order valence-corrected chi connectivity index (χ1v) is 8.21. The van der Waals surface area contributed by atoms with Crippen molar-refractivity contribution in [2.24, 2.45) is 5.92 Å². The monoisotopic (exact) mass is 323 g/mol. The molecular weight excluding hydrogens is 302 g/mol. The maximum atomic E-state index is 5.66. The van der Waals surface area contributed by atoms with E-state index in [1.165, 1.54) is 41.3 Å². The summed E-state index contributed by atoms with van der Waals surface area (Å²) in [4.78, 5) is 0.